The lowest BCUT2D eigenvalue weighted by Gasteiger charge is -2.36. The zero-order valence-electron chi connectivity index (χ0n) is 8.51. The fourth-order valence-electron chi connectivity index (χ4n) is 3.30. The van der Waals surface area contributed by atoms with Crippen LogP contribution in [0, 0.1) is 16.7 Å². The molecule has 0 saturated heterocycles. The topological polar surface area (TPSA) is 37.3 Å². The van der Waals surface area contributed by atoms with Crippen molar-refractivity contribution in [3.8, 4) is 0 Å². The average Bonchev–Trinajstić information content (AvgIpc) is 2.58. The second kappa shape index (κ2) is 2.84. The second-order valence-electron chi connectivity index (χ2n) is 5.07. The number of aliphatic carboxylic acids is 1. The van der Waals surface area contributed by atoms with E-state index in [9.17, 15) is 9.90 Å². The first kappa shape index (κ1) is 10.2. The first-order valence-electron chi connectivity index (χ1n) is 5.00. The van der Waals surface area contributed by atoms with Crippen molar-refractivity contribution in [1.82, 2.24) is 0 Å². The lowest BCUT2D eigenvalue weighted by molar-refractivity contribution is -0.146. The van der Waals surface area contributed by atoms with Crippen LogP contribution in [0.3, 0.4) is 0 Å². The van der Waals surface area contributed by atoms with E-state index in [-0.39, 0.29) is 5.41 Å². The Balaban J connectivity index is 2.52. The van der Waals surface area contributed by atoms with E-state index in [1.165, 1.54) is 0 Å². The highest BCUT2D eigenvalue weighted by molar-refractivity contribution is 9.11. The van der Waals surface area contributed by atoms with Gasteiger partial charge in [-0.1, -0.05) is 29.8 Å². The monoisotopic (exact) mass is 258 g/mol. The molecule has 1 N–H and O–H groups in total. The number of hydrogen-bond acceptors (Lipinski definition) is 1. The summed E-state index contributed by atoms with van der Waals surface area (Å²) >= 11 is 3.33. The van der Waals surface area contributed by atoms with Gasteiger partial charge in [-0.3, -0.25) is 4.79 Å². The van der Waals surface area contributed by atoms with E-state index >= 15 is 0 Å². The number of fused-ring (bicyclic) bond motifs is 2. The third-order valence-electron chi connectivity index (χ3n) is 4.26. The summed E-state index contributed by atoms with van der Waals surface area (Å²) in [4.78, 5) is 13.2. The highest BCUT2D eigenvalue weighted by Gasteiger charge is 2.61. The molecule has 2 fully saturated rings. The predicted octanol–water partition coefficient (Wildman–Crippen LogP) is 3.18. The van der Waals surface area contributed by atoms with E-state index in [1.54, 1.807) is 0 Å². The number of carboxylic acid groups (broad SMARTS) is 1. The Kier molecular flexibility index (Phi) is 2.08. The average molecular weight is 259 g/mol. The van der Waals surface area contributed by atoms with Gasteiger partial charge in [0.2, 0.25) is 0 Å². The zero-order chi connectivity index (χ0) is 10.6. The fourth-order valence-corrected chi connectivity index (χ4v) is 4.33. The van der Waals surface area contributed by atoms with Gasteiger partial charge in [0.1, 0.15) is 0 Å². The normalized spacial score (nSPS) is 41.9. The van der Waals surface area contributed by atoms with Crippen molar-refractivity contribution in [1.29, 1.82) is 0 Å². The van der Waals surface area contributed by atoms with Crippen molar-refractivity contribution in [3.05, 3.63) is 10.6 Å². The first-order chi connectivity index (χ1) is 6.45. The summed E-state index contributed by atoms with van der Waals surface area (Å²) in [5.74, 6) is -0.0984. The van der Waals surface area contributed by atoms with Crippen LogP contribution in [0.5, 0.6) is 0 Å². The van der Waals surface area contributed by atoms with Gasteiger partial charge in [0.15, 0.2) is 0 Å². The lowest BCUT2D eigenvalue weighted by atomic mass is 9.68. The Bertz CT molecular complexity index is 319. The first-order valence-corrected chi connectivity index (χ1v) is 5.91. The molecule has 0 unspecified atom stereocenters. The molecule has 2 rings (SSSR count). The molecule has 0 radical (unpaired) electrons. The number of rotatable bonds is 1. The molecule has 0 heterocycles. The van der Waals surface area contributed by atoms with Crippen molar-refractivity contribution in [2.24, 2.45) is 16.7 Å². The molecular weight excluding hydrogens is 244 g/mol. The third kappa shape index (κ3) is 0.992. The summed E-state index contributed by atoms with van der Waals surface area (Å²) in [5, 5.41) is 9.36. The Morgan fingerprint density at radius 3 is 2.71 bits per heavy atom. The summed E-state index contributed by atoms with van der Waals surface area (Å²) in [6, 6.07) is 0. The third-order valence-corrected chi connectivity index (χ3v) is 4.72. The molecule has 2 aliphatic rings. The number of carboxylic acids is 1. The quantitative estimate of drug-likeness (QED) is 0.785. The predicted molar refractivity (Wildman–Crippen MR) is 58.2 cm³/mol. The second-order valence-corrected chi connectivity index (χ2v) is 5.53. The van der Waals surface area contributed by atoms with Gasteiger partial charge < -0.3 is 5.11 Å². The molecule has 2 saturated carbocycles. The largest absolute Gasteiger partial charge is 0.481 e. The summed E-state index contributed by atoms with van der Waals surface area (Å²) in [6.45, 7) is 4.32. The van der Waals surface area contributed by atoms with Crippen LogP contribution in [0.2, 0.25) is 0 Å². The maximum Gasteiger partial charge on any atom is 0.313 e. The van der Waals surface area contributed by atoms with E-state index in [1.807, 2.05) is 4.99 Å². The van der Waals surface area contributed by atoms with E-state index in [0.717, 1.165) is 24.8 Å². The number of hydrogen-bond donors (Lipinski definition) is 1. The molecule has 3 heteroatoms. The molecule has 2 aliphatic carbocycles. The number of carbonyl (C=O) groups is 1. The highest BCUT2D eigenvalue weighted by atomic mass is 79.9. The molecule has 2 atom stereocenters. The maximum absolute atomic E-state index is 11.4. The smallest absolute Gasteiger partial charge is 0.313 e. The summed E-state index contributed by atoms with van der Waals surface area (Å²) in [5.41, 5.74) is 0.575. The van der Waals surface area contributed by atoms with Crippen molar-refractivity contribution < 1.29 is 9.90 Å². The van der Waals surface area contributed by atoms with Crippen LogP contribution in [0.25, 0.3) is 0 Å². The van der Waals surface area contributed by atoms with Gasteiger partial charge in [0.25, 0.3) is 0 Å². The van der Waals surface area contributed by atoms with Gasteiger partial charge in [0.05, 0.1) is 5.41 Å². The summed E-state index contributed by atoms with van der Waals surface area (Å²) < 4.78 is 0. The molecular formula is C11H15BrO2. The van der Waals surface area contributed by atoms with Gasteiger partial charge in [-0.05, 0) is 41.2 Å². The van der Waals surface area contributed by atoms with Gasteiger partial charge in [-0.25, -0.2) is 0 Å². The minimum absolute atomic E-state index is 0.0557. The van der Waals surface area contributed by atoms with Crippen LogP contribution >= 0.6 is 15.9 Å². The molecule has 0 aliphatic heterocycles. The Labute approximate surface area is 92.5 Å². The standard InChI is InChI=1S/C11H15BrO2/c1-10(2)7-3-4-11(5-7,9(13)14)8(10)6-12/h6-7H,3-5H2,1-2H3,(H,13,14)/b8-6-/t7-,11+/m1/s1. The maximum atomic E-state index is 11.4. The van der Waals surface area contributed by atoms with E-state index in [4.69, 9.17) is 0 Å². The van der Waals surface area contributed by atoms with Crippen LogP contribution in [0.1, 0.15) is 33.1 Å². The molecule has 0 aromatic heterocycles. The van der Waals surface area contributed by atoms with Crippen LogP contribution in [-0.2, 0) is 4.79 Å². The summed E-state index contributed by atoms with van der Waals surface area (Å²) in [6.07, 6.45) is 2.70. The molecule has 0 amide bonds. The van der Waals surface area contributed by atoms with E-state index in [0.29, 0.717) is 5.92 Å². The van der Waals surface area contributed by atoms with Gasteiger partial charge in [-0.2, -0.15) is 0 Å². The Morgan fingerprint density at radius 2 is 2.29 bits per heavy atom. The van der Waals surface area contributed by atoms with Crippen molar-refractivity contribution in [2.75, 3.05) is 0 Å². The summed E-state index contributed by atoms with van der Waals surface area (Å²) in [7, 11) is 0. The molecule has 0 aromatic carbocycles. The fraction of sp³-hybridized carbons (Fsp3) is 0.727. The molecule has 0 aromatic rings. The van der Waals surface area contributed by atoms with Gasteiger partial charge in [-0.15, -0.1) is 0 Å². The van der Waals surface area contributed by atoms with Crippen molar-refractivity contribution in [2.45, 2.75) is 33.1 Å². The van der Waals surface area contributed by atoms with Gasteiger partial charge >= 0.3 is 5.97 Å². The number of halogens is 1. The molecule has 2 nitrogen and oxygen atoms in total. The van der Waals surface area contributed by atoms with Crippen LogP contribution in [0.15, 0.2) is 10.6 Å². The SMILES string of the molecule is CC1(C)/C(=C/Br)[C@]2(C(=O)O)CC[C@@H]1C2. The Morgan fingerprint density at radius 1 is 1.64 bits per heavy atom. The van der Waals surface area contributed by atoms with E-state index in [2.05, 4.69) is 29.8 Å². The minimum atomic E-state index is -0.642. The highest BCUT2D eigenvalue weighted by Crippen LogP contribution is 2.66. The Hall–Kier alpha value is -0.310. The molecule has 2 bridgehead atoms. The van der Waals surface area contributed by atoms with Crippen LogP contribution in [0.4, 0.5) is 0 Å². The molecule has 14 heavy (non-hydrogen) atoms. The van der Waals surface area contributed by atoms with E-state index < -0.39 is 11.4 Å². The molecule has 0 spiro atoms. The lowest BCUT2D eigenvalue weighted by Crippen LogP contribution is -2.33. The van der Waals surface area contributed by atoms with Crippen LogP contribution in [-0.4, -0.2) is 11.1 Å². The van der Waals surface area contributed by atoms with Crippen molar-refractivity contribution in [3.63, 3.8) is 0 Å². The minimum Gasteiger partial charge on any atom is -0.481 e. The van der Waals surface area contributed by atoms with Gasteiger partial charge in [0, 0.05) is 0 Å². The zero-order valence-corrected chi connectivity index (χ0v) is 10.1. The van der Waals surface area contributed by atoms with Crippen molar-refractivity contribution >= 4 is 21.9 Å². The molecule has 78 valence electrons. The van der Waals surface area contributed by atoms with Crippen LogP contribution < -0.4 is 0 Å².